The summed E-state index contributed by atoms with van der Waals surface area (Å²) in [5.41, 5.74) is 2.20. The number of oxime groups is 1. The van der Waals surface area contributed by atoms with Gasteiger partial charge in [-0.05, 0) is 42.8 Å². The zero-order valence-electron chi connectivity index (χ0n) is 17.2. The molecular weight excluding hydrogens is 455 g/mol. The molecule has 3 aromatic rings. The molecule has 0 amide bonds. The third kappa shape index (κ3) is 6.60. The van der Waals surface area contributed by atoms with Crippen molar-refractivity contribution < 1.29 is 19.2 Å². The normalized spacial score (nSPS) is 10.8. The van der Waals surface area contributed by atoms with Gasteiger partial charge in [-0.1, -0.05) is 46.6 Å². The van der Waals surface area contributed by atoms with Gasteiger partial charge in [-0.3, -0.25) is 10.1 Å². The van der Waals surface area contributed by atoms with Gasteiger partial charge >= 0.3 is 0 Å². The van der Waals surface area contributed by atoms with Crippen LogP contribution in [0.4, 0.5) is 5.69 Å². The minimum absolute atomic E-state index is 0.00640. The van der Waals surface area contributed by atoms with E-state index in [4.69, 9.17) is 37.5 Å². The van der Waals surface area contributed by atoms with Crippen LogP contribution < -0.4 is 9.47 Å². The average Bonchev–Trinajstić information content (AvgIpc) is 2.77. The van der Waals surface area contributed by atoms with E-state index in [0.717, 1.165) is 11.1 Å². The lowest BCUT2D eigenvalue weighted by Crippen LogP contribution is -2.01. The van der Waals surface area contributed by atoms with Crippen molar-refractivity contribution in [3.63, 3.8) is 0 Å². The molecule has 3 rings (SSSR count). The predicted molar refractivity (Wildman–Crippen MR) is 124 cm³/mol. The van der Waals surface area contributed by atoms with Crippen molar-refractivity contribution in [3.8, 4) is 11.5 Å². The van der Waals surface area contributed by atoms with Crippen molar-refractivity contribution in [1.29, 1.82) is 0 Å². The molecule has 32 heavy (non-hydrogen) atoms. The van der Waals surface area contributed by atoms with Crippen LogP contribution in [0.5, 0.6) is 11.5 Å². The number of hydrogen-bond donors (Lipinski definition) is 0. The van der Waals surface area contributed by atoms with Crippen LogP contribution in [0.1, 0.15) is 23.6 Å². The van der Waals surface area contributed by atoms with Gasteiger partial charge in [0.2, 0.25) is 0 Å². The molecule has 3 aromatic carbocycles. The fourth-order valence-corrected chi connectivity index (χ4v) is 3.22. The van der Waals surface area contributed by atoms with Crippen molar-refractivity contribution in [1.82, 2.24) is 0 Å². The van der Waals surface area contributed by atoms with Gasteiger partial charge in [-0.2, -0.15) is 0 Å². The first-order valence-corrected chi connectivity index (χ1v) is 10.4. The molecule has 0 atom stereocenters. The van der Waals surface area contributed by atoms with E-state index in [1.54, 1.807) is 36.4 Å². The number of ether oxygens (including phenoxy) is 2. The number of hydrogen-bond acceptors (Lipinski definition) is 6. The van der Waals surface area contributed by atoms with Crippen LogP contribution in [-0.2, 0) is 18.1 Å². The molecule has 0 aliphatic carbocycles. The second kappa shape index (κ2) is 11.4. The maximum absolute atomic E-state index is 10.8. The Morgan fingerprint density at radius 3 is 2.59 bits per heavy atom. The van der Waals surface area contributed by atoms with Crippen molar-refractivity contribution in [2.24, 2.45) is 5.16 Å². The number of rotatable bonds is 10. The van der Waals surface area contributed by atoms with E-state index >= 15 is 0 Å². The monoisotopic (exact) mass is 474 g/mol. The van der Waals surface area contributed by atoms with Gasteiger partial charge in [-0.25, -0.2) is 0 Å². The molecule has 0 heterocycles. The van der Waals surface area contributed by atoms with Crippen LogP contribution in [0.15, 0.2) is 65.8 Å². The highest BCUT2D eigenvalue weighted by atomic mass is 35.5. The number of nitrogens with zero attached hydrogens (tertiary/aromatic N) is 2. The van der Waals surface area contributed by atoms with Crippen molar-refractivity contribution >= 4 is 35.1 Å². The quantitative estimate of drug-likeness (QED) is 0.192. The summed E-state index contributed by atoms with van der Waals surface area (Å²) in [5.74, 6) is 1.12. The van der Waals surface area contributed by atoms with Gasteiger partial charge in [0.1, 0.15) is 13.2 Å². The molecule has 0 spiro atoms. The van der Waals surface area contributed by atoms with E-state index in [1.807, 2.05) is 19.1 Å². The highest BCUT2D eigenvalue weighted by Gasteiger charge is 2.09. The Kier molecular flexibility index (Phi) is 8.30. The molecule has 0 saturated carbocycles. The van der Waals surface area contributed by atoms with Crippen LogP contribution in [0.2, 0.25) is 10.0 Å². The summed E-state index contributed by atoms with van der Waals surface area (Å²) in [5, 5.41) is 15.9. The molecule has 0 bridgehead atoms. The second-order valence-corrected chi connectivity index (χ2v) is 7.44. The molecule has 166 valence electrons. The Balaban J connectivity index is 1.63. The topological polar surface area (TPSA) is 83.2 Å². The molecule has 0 N–H and O–H groups in total. The van der Waals surface area contributed by atoms with Crippen molar-refractivity contribution in [2.45, 2.75) is 20.1 Å². The fraction of sp³-hybridized carbons (Fsp3) is 0.174. The lowest BCUT2D eigenvalue weighted by Gasteiger charge is -2.13. The van der Waals surface area contributed by atoms with E-state index in [0.29, 0.717) is 33.7 Å². The van der Waals surface area contributed by atoms with E-state index in [9.17, 15) is 10.1 Å². The van der Waals surface area contributed by atoms with Crippen LogP contribution in [0.25, 0.3) is 0 Å². The summed E-state index contributed by atoms with van der Waals surface area (Å²) in [4.78, 5) is 15.7. The Labute approximate surface area is 195 Å². The van der Waals surface area contributed by atoms with Gasteiger partial charge in [0.15, 0.2) is 11.5 Å². The average molecular weight is 475 g/mol. The Bertz CT molecular complexity index is 1120. The van der Waals surface area contributed by atoms with Crippen LogP contribution in [0, 0.1) is 10.1 Å². The molecule has 0 aromatic heterocycles. The minimum atomic E-state index is -0.452. The molecular formula is C23H20Cl2N2O5. The Hall–Kier alpha value is -3.29. The SMILES string of the molecule is CCOc1cc(/C=N\OCc2cccc([N+](=O)[O-])c2)ccc1OCc1ccc(Cl)cc1Cl. The van der Waals surface area contributed by atoms with E-state index in [1.165, 1.54) is 18.3 Å². The maximum Gasteiger partial charge on any atom is 0.269 e. The predicted octanol–water partition coefficient (Wildman–Crippen LogP) is 6.43. The summed E-state index contributed by atoms with van der Waals surface area (Å²) in [6, 6.07) is 16.8. The molecule has 0 radical (unpaired) electrons. The highest BCUT2D eigenvalue weighted by Crippen LogP contribution is 2.30. The highest BCUT2D eigenvalue weighted by molar-refractivity contribution is 6.35. The molecule has 0 saturated heterocycles. The number of benzene rings is 3. The molecule has 0 aliphatic rings. The molecule has 0 unspecified atom stereocenters. The lowest BCUT2D eigenvalue weighted by molar-refractivity contribution is -0.384. The molecule has 0 aliphatic heterocycles. The number of halogens is 2. The lowest BCUT2D eigenvalue weighted by atomic mass is 10.2. The van der Waals surface area contributed by atoms with Gasteiger partial charge in [-0.15, -0.1) is 0 Å². The summed E-state index contributed by atoms with van der Waals surface area (Å²) in [6.07, 6.45) is 1.53. The minimum Gasteiger partial charge on any atom is -0.490 e. The maximum atomic E-state index is 10.8. The van der Waals surface area contributed by atoms with Gasteiger partial charge < -0.3 is 14.3 Å². The molecule has 7 nitrogen and oxygen atoms in total. The first-order valence-electron chi connectivity index (χ1n) is 9.68. The van der Waals surface area contributed by atoms with Crippen LogP contribution >= 0.6 is 23.2 Å². The van der Waals surface area contributed by atoms with E-state index in [-0.39, 0.29) is 18.9 Å². The summed E-state index contributed by atoms with van der Waals surface area (Å²) in [7, 11) is 0. The first-order chi connectivity index (χ1) is 15.5. The van der Waals surface area contributed by atoms with E-state index in [2.05, 4.69) is 5.16 Å². The summed E-state index contributed by atoms with van der Waals surface area (Å²) in [6.45, 7) is 2.71. The van der Waals surface area contributed by atoms with E-state index < -0.39 is 4.92 Å². The standard InChI is InChI=1S/C23H20Cl2N2O5/c1-2-30-23-11-16(13-26-32-14-17-4-3-5-20(10-17)27(28)29)6-9-22(23)31-15-18-7-8-19(24)12-21(18)25/h3-13H,2,14-15H2,1H3/b26-13-. The zero-order valence-corrected chi connectivity index (χ0v) is 18.7. The third-order valence-electron chi connectivity index (χ3n) is 4.29. The summed E-state index contributed by atoms with van der Waals surface area (Å²) < 4.78 is 11.6. The fourth-order valence-electron chi connectivity index (χ4n) is 2.76. The molecule has 0 fully saturated rings. The van der Waals surface area contributed by atoms with Crippen molar-refractivity contribution in [3.05, 3.63) is 97.5 Å². The number of nitro groups is 1. The zero-order chi connectivity index (χ0) is 22.9. The number of non-ortho nitro benzene ring substituents is 1. The molecule has 9 heteroatoms. The largest absolute Gasteiger partial charge is 0.490 e. The van der Waals surface area contributed by atoms with Crippen LogP contribution in [-0.4, -0.2) is 17.7 Å². The Morgan fingerprint density at radius 1 is 1.00 bits per heavy atom. The Morgan fingerprint density at radius 2 is 1.84 bits per heavy atom. The second-order valence-electron chi connectivity index (χ2n) is 6.60. The number of nitro benzene ring substituents is 1. The smallest absolute Gasteiger partial charge is 0.269 e. The first kappa shape index (κ1) is 23.4. The van der Waals surface area contributed by atoms with Crippen molar-refractivity contribution in [2.75, 3.05) is 6.61 Å². The van der Waals surface area contributed by atoms with Crippen LogP contribution in [0.3, 0.4) is 0 Å². The van der Waals surface area contributed by atoms with Gasteiger partial charge in [0, 0.05) is 33.3 Å². The summed E-state index contributed by atoms with van der Waals surface area (Å²) >= 11 is 12.1. The van der Waals surface area contributed by atoms with Gasteiger partial charge in [0.05, 0.1) is 17.7 Å². The third-order valence-corrected chi connectivity index (χ3v) is 4.88. The van der Waals surface area contributed by atoms with Gasteiger partial charge in [0.25, 0.3) is 5.69 Å².